The lowest BCUT2D eigenvalue weighted by Crippen LogP contribution is -2.34. The van der Waals surface area contributed by atoms with Gasteiger partial charge in [-0.05, 0) is 37.6 Å². The van der Waals surface area contributed by atoms with Crippen molar-refractivity contribution in [1.82, 2.24) is 19.7 Å². The fourth-order valence-corrected chi connectivity index (χ4v) is 3.90. The zero-order valence-electron chi connectivity index (χ0n) is 12.3. The second-order valence-corrected chi connectivity index (χ2v) is 6.47. The van der Waals surface area contributed by atoms with E-state index < -0.39 is 0 Å². The molecule has 2 aliphatic rings. The van der Waals surface area contributed by atoms with E-state index in [1.165, 1.54) is 51.6 Å². The lowest BCUT2D eigenvalue weighted by atomic mass is 9.80. The van der Waals surface area contributed by atoms with Crippen LogP contribution in [0.25, 0.3) is 0 Å². The van der Waals surface area contributed by atoms with Crippen LogP contribution in [0.15, 0.2) is 6.33 Å². The number of hydrogen-bond acceptors (Lipinski definition) is 3. The predicted octanol–water partition coefficient (Wildman–Crippen LogP) is 2.78. The largest absolute Gasteiger partial charge is 0.319 e. The highest BCUT2D eigenvalue weighted by atomic mass is 15.3. The molecule has 0 aromatic carbocycles. The molecule has 1 aromatic heterocycles. The Bertz CT molecular complexity index is 414. The van der Waals surface area contributed by atoms with E-state index in [4.69, 9.17) is 0 Å². The topological polar surface area (TPSA) is 34.0 Å². The van der Waals surface area contributed by atoms with Gasteiger partial charge in [0.05, 0.1) is 6.04 Å². The van der Waals surface area contributed by atoms with E-state index in [1.54, 1.807) is 0 Å². The van der Waals surface area contributed by atoms with Crippen molar-refractivity contribution in [2.24, 2.45) is 18.9 Å². The Morgan fingerprint density at radius 2 is 2.05 bits per heavy atom. The summed E-state index contributed by atoms with van der Waals surface area (Å²) in [5, 5.41) is 8.38. The predicted molar refractivity (Wildman–Crippen MR) is 75.7 cm³/mol. The third-order valence-electron chi connectivity index (χ3n) is 5.17. The van der Waals surface area contributed by atoms with E-state index in [-0.39, 0.29) is 0 Å². The first-order valence-corrected chi connectivity index (χ1v) is 7.83. The molecule has 0 N–H and O–H groups in total. The molecule has 0 spiro atoms. The molecular formula is C15H26N4. The molecule has 4 nitrogen and oxygen atoms in total. The summed E-state index contributed by atoms with van der Waals surface area (Å²) in [6.07, 6.45) is 10.1. The Hall–Kier alpha value is -0.900. The third-order valence-corrected chi connectivity index (χ3v) is 5.17. The molecule has 4 heteroatoms. The van der Waals surface area contributed by atoms with Gasteiger partial charge in [0.2, 0.25) is 0 Å². The van der Waals surface area contributed by atoms with Crippen molar-refractivity contribution >= 4 is 0 Å². The van der Waals surface area contributed by atoms with Crippen LogP contribution < -0.4 is 0 Å². The highest BCUT2D eigenvalue weighted by Gasteiger charge is 2.32. The fraction of sp³-hybridized carbons (Fsp3) is 0.867. The van der Waals surface area contributed by atoms with Gasteiger partial charge in [-0.2, -0.15) is 0 Å². The molecule has 2 heterocycles. The van der Waals surface area contributed by atoms with Gasteiger partial charge in [0, 0.05) is 13.6 Å². The monoisotopic (exact) mass is 262 g/mol. The van der Waals surface area contributed by atoms with Crippen molar-refractivity contribution in [3.05, 3.63) is 12.2 Å². The molecule has 3 atom stereocenters. The Balaban J connectivity index is 1.68. The Kier molecular flexibility index (Phi) is 3.87. The number of rotatable bonds is 3. The van der Waals surface area contributed by atoms with Crippen molar-refractivity contribution in [2.45, 2.75) is 51.5 Å². The molecule has 3 unspecified atom stereocenters. The summed E-state index contributed by atoms with van der Waals surface area (Å²) < 4.78 is 2.09. The quantitative estimate of drug-likeness (QED) is 0.840. The van der Waals surface area contributed by atoms with Crippen molar-refractivity contribution in [3.8, 4) is 0 Å². The molecule has 106 valence electrons. The second kappa shape index (κ2) is 5.61. The summed E-state index contributed by atoms with van der Waals surface area (Å²) in [6, 6.07) is 0.502. The SMILES string of the molecule is CC1CCCCC1CN1CCCC1c1nncn1C. The van der Waals surface area contributed by atoms with Gasteiger partial charge in [0.15, 0.2) is 0 Å². The van der Waals surface area contributed by atoms with Gasteiger partial charge in [-0.1, -0.05) is 26.2 Å². The van der Waals surface area contributed by atoms with Gasteiger partial charge in [0.1, 0.15) is 12.2 Å². The van der Waals surface area contributed by atoms with Crippen LogP contribution in [0.1, 0.15) is 57.3 Å². The summed E-state index contributed by atoms with van der Waals surface area (Å²) in [5.41, 5.74) is 0. The summed E-state index contributed by atoms with van der Waals surface area (Å²) in [5.74, 6) is 2.94. The van der Waals surface area contributed by atoms with Crippen molar-refractivity contribution in [3.63, 3.8) is 0 Å². The Labute approximate surface area is 116 Å². The molecule has 19 heavy (non-hydrogen) atoms. The Morgan fingerprint density at radius 1 is 1.21 bits per heavy atom. The Morgan fingerprint density at radius 3 is 2.79 bits per heavy atom. The lowest BCUT2D eigenvalue weighted by molar-refractivity contribution is 0.146. The van der Waals surface area contributed by atoms with Crippen LogP contribution in [0.5, 0.6) is 0 Å². The van der Waals surface area contributed by atoms with E-state index in [0.29, 0.717) is 6.04 Å². The molecule has 0 bridgehead atoms. The van der Waals surface area contributed by atoms with E-state index in [0.717, 1.165) is 17.7 Å². The van der Waals surface area contributed by atoms with E-state index >= 15 is 0 Å². The summed E-state index contributed by atoms with van der Waals surface area (Å²) in [4.78, 5) is 2.66. The van der Waals surface area contributed by atoms with Gasteiger partial charge in [-0.15, -0.1) is 10.2 Å². The minimum absolute atomic E-state index is 0.502. The molecule has 2 fully saturated rings. The number of aryl methyl sites for hydroxylation is 1. The van der Waals surface area contributed by atoms with Crippen LogP contribution in [0.4, 0.5) is 0 Å². The lowest BCUT2D eigenvalue weighted by Gasteiger charge is -2.34. The van der Waals surface area contributed by atoms with Crippen LogP contribution in [0.2, 0.25) is 0 Å². The van der Waals surface area contributed by atoms with E-state index in [2.05, 4.69) is 33.6 Å². The highest BCUT2D eigenvalue weighted by Crippen LogP contribution is 2.35. The molecule has 1 aliphatic carbocycles. The zero-order chi connectivity index (χ0) is 13.2. The molecule has 3 rings (SSSR count). The molecular weight excluding hydrogens is 236 g/mol. The van der Waals surface area contributed by atoms with Crippen LogP contribution >= 0.6 is 0 Å². The standard InChI is InChI=1S/C15H26N4/c1-12-6-3-4-7-13(12)10-19-9-5-8-14(19)15-17-16-11-18(15)2/h11-14H,3-10H2,1-2H3. The van der Waals surface area contributed by atoms with Crippen molar-refractivity contribution < 1.29 is 0 Å². The average Bonchev–Trinajstić information content (AvgIpc) is 3.01. The maximum absolute atomic E-state index is 4.33. The normalized spacial score (nSPS) is 32.8. The highest BCUT2D eigenvalue weighted by molar-refractivity contribution is 4.99. The fourth-order valence-electron chi connectivity index (χ4n) is 3.90. The van der Waals surface area contributed by atoms with Crippen LogP contribution in [0, 0.1) is 11.8 Å². The first-order valence-electron chi connectivity index (χ1n) is 7.83. The molecule has 1 aromatic rings. The maximum Gasteiger partial charge on any atom is 0.149 e. The summed E-state index contributed by atoms with van der Waals surface area (Å²) in [7, 11) is 2.06. The maximum atomic E-state index is 4.33. The van der Waals surface area contributed by atoms with Crippen molar-refractivity contribution in [2.75, 3.05) is 13.1 Å². The number of hydrogen-bond donors (Lipinski definition) is 0. The van der Waals surface area contributed by atoms with Crippen LogP contribution in [-0.2, 0) is 7.05 Å². The van der Waals surface area contributed by atoms with Gasteiger partial charge in [-0.25, -0.2) is 0 Å². The minimum atomic E-state index is 0.502. The molecule has 1 saturated carbocycles. The van der Waals surface area contributed by atoms with Gasteiger partial charge < -0.3 is 4.57 Å². The number of aromatic nitrogens is 3. The summed E-state index contributed by atoms with van der Waals surface area (Å²) in [6.45, 7) is 4.94. The van der Waals surface area contributed by atoms with Gasteiger partial charge in [-0.3, -0.25) is 4.90 Å². The van der Waals surface area contributed by atoms with Gasteiger partial charge in [0.25, 0.3) is 0 Å². The van der Waals surface area contributed by atoms with Crippen LogP contribution in [-0.4, -0.2) is 32.8 Å². The molecule has 0 radical (unpaired) electrons. The zero-order valence-corrected chi connectivity index (χ0v) is 12.3. The van der Waals surface area contributed by atoms with Crippen molar-refractivity contribution in [1.29, 1.82) is 0 Å². The smallest absolute Gasteiger partial charge is 0.149 e. The number of nitrogens with zero attached hydrogens (tertiary/aromatic N) is 4. The summed E-state index contributed by atoms with van der Waals surface area (Å²) >= 11 is 0. The van der Waals surface area contributed by atoms with Gasteiger partial charge >= 0.3 is 0 Å². The molecule has 1 saturated heterocycles. The third kappa shape index (κ3) is 2.69. The second-order valence-electron chi connectivity index (χ2n) is 6.47. The van der Waals surface area contributed by atoms with E-state index in [1.807, 2.05) is 6.33 Å². The minimum Gasteiger partial charge on any atom is -0.319 e. The average molecular weight is 262 g/mol. The first kappa shape index (κ1) is 13.1. The molecule has 1 aliphatic heterocycles. The first-order chi connectivity index (χ1) is 9.25. The molecule has 0 amide bonds. The van der Waals surface area contributed by atoms with Crippen LogP contribution in [0.3, 0.4) is 0 Å². The number of likely N-dealkylation sites (tertiary alicyclic amines) is 1. The van der Waals surface area contributed by atoms with E-state index in [9.17, 15) is 0 Å².